The van der Waals surface area contributed by atoms with Gasteiger partial charge in [0.2, 0.25) is 0 Å². The molecule has 1 aromatic heterocycles. The van der Waals surface area contributed by atoms with Crippen LogP contribution in [0.4, 0.5) is 0 Å². The van der Waals surface area contributed by atoms with Gasteiger partial charge in [0.1, 0.15) is 0 Å². The summed E-state index contributed by atoms with van der Waals surface area (Å²) in [6, 6.07) is 5.75. The first-order valence-electron chi connectivity index (χ1n) is 5.28. The van der Waals surface area contributed by atoms with Crippen molar-refractivity contribution in [2.24, 2.45) is 5.73 Å². The van der Waals surface area contributed by atoms with Crippen LogP contribution in [-0.2, 0) is 4.79 Å². The Morgan fingerprint density at radius 3 is 2.65 bits per heavy atom. The second kappa shape index (κ2) is 4.30. The van der Waals surface area contributed by atoms with Crippen LogP contribution in [0.15, 0.2) is 35.0 Å². The lowest BCUT2D eigenvalue weighted by atomic mass is 10.00. The summed E-state index contributed by atoms with van der Waals surface area (Å²) in [6.07, 6.45) is 1.82. The van der Waals surface area contributed by atoms with Gasteiger partial charge >= 0.3 is 0 Å². The molecule has 0 aliphatic carbocycles. The molecule has 4 heteroatoms. The van der Waals surface area contributed by atoms with Crippen LogP contribution in [0.1, 0.15) is 19.4 Å². The van der Waals surface area contributed by atoms with Crippen molar-refractivity contribution in [1.29, 1.82) is 0 Å². The van der Waals surface area contributed by atoms with Gasteiger partial charge in [-0.2, -0.15) is 0 Å². The molecule has 0 unspecified atom stereocenters. The van der Waals surface area contributed by atoms with Gasteiger partial charge in [0.15, 0.2) is 5.78 Å². The maximum Gasteiger partial charge on any atom is 0.162 e. The zero-order valence-electron chi connectivity index (χ0n) is 9.74. The molecular formula is C13H14N2OS. The standard InChI is InChI=1S/C13H14N2OS/c1-7(14)13(8(2)16)9-3-4-10-11(5-9)15-6-12(10)17/h3-6,15,17H,14H2,1-2H3. The topological polar surface area (TPSA) is 58.9 Å². The minimum Gasteiger partial charge on any atom is -0.402 e. The first kappa shape index (κ1) is 11.8. The number of thiol groups is 1. The van der Waals surface area contributed by atoms with Crippen molar-refractivity contribution in [2.75, 3.05) is 0 Å². The average molecular weight is 246 g/mol. The molecule has 0 aliphatic rings. The fraction of sp³-hybridized carbons (Fsp3) is 0.154. The van der Waals surface area contributed by atoms with Crippen molar-refractivity contribution in [2.45, 2.75) is 18.7 Å². The van der Waals surface area contributed by atoms with Crippen molar-refractivity contribution in [3.63, 3.8) is 0 Å². The third-order valence-corrected chi connectivity index (χ3v) is 3.06. The molecule has 0 fully saturated rings. The number of allylic oxidation sites excluding steroid dienone is 2. The largest absolute Gasteiger partial charge is 0.402 e. The third-order valence-electron chi connectivity index (χ3n) is 2.69. The number of Topliss-reactive ketones (excluding diaryl/α,β-unsaturated/α-hetero) is 1. The van der Waals surface area contributed by atoms with Gasteiger partial charge in [-0.15, -0.1) is 12.6 Å². The highest BCUT2D eigenvalue weighted by Crippen LogP contribution is 2.26. The van der Waals surface area contributed by atoms with Crippen LogP contribution >= 0.6 is 12.6 Å². The number of rotatable bonds is 2. The lowest BCUT2D eigenvalue weighted by Crippen LogP contribution is -2.05. The summed E-state index contributed by atoms with van der Waals surface area (Å²) in [5, 5.41) is 1.04. The molecule has 0 amide bonds. The van der Waals surface area contributed by atoms with E-state index in [9.17, 15) is 4.79 Å². The summed E-state index contributed by atoms with van der Waals surface area (Å²) in [4.78, 5) is 15.6. The van der Waals surface area contributed by atoms with Crippen LogP contribution in [0, 0.1) is 0 Å². The van der Waals surface area contributed by atoms with Crippen molar-refractivity contribution < 1.29 is 4.79 Å². The molecule has 0 saturated heterocycles. The van der Waals surface area contributed by atoms with Crippen LogP contribution in [0.3, 0.4) is 0 Å². The van der Waals surface area contributed by atoms with Gasteiger partial charge in [-0.25, -0.2) is 0 Å². The minimum absolute atomic E-state index is 0.0259. The van der Waals surface area contributed by atoms with Gasteiger partial charge in [-0.3, -0.25) is 4.79 Å². The highest BCUT2D eigenvalue weighted by atomic mass is 32.1. The maximum absolute atomic E-state index is 11.6. The molecule has 0 aliphatic heterocycles. The van der Waals surface area contributed by atoms with Gasteiger partial charge in [-0.05, 0) is 25.5 Å². The van der Waals surface area contributed by atoms with E-state index < -0.39 is 0 Å². The van der Waals surface area contributed by atoms with Crippen LogP contribution in [0.5, 0.6) is 0 Å². The van der Waals surface area contributed by atoms with Crippen molar-refractivity contribution >= 4 is 34.9 Å². The SMILES string of the molecule is CC(=O)C(=C(C)N)c1ccc2c(S)c[nH]c2c1. The number of hydrogen-bond acceptors (Lipinski definition) is 3. The van der Waals surface area contributed by atoms with E-state index in [4.69, 9.17) is 5.73 Å². The summed E-state index contributed by atoms with van der Waals surface area (Å²) in [5.41, 5.74) is 8.65. The highest BCUT2D eigenvalue weighted by molar-refractivity contribution is 7.80. The quantitative estimate of drug-likeness (QED) is 0.563. The molecule has 0 saturated carbocycles. The predicted molar refractivity (Wildman–Crippen MR) is 73.0 cm³/mol. The normalized spacial score (nSPS) is 12.6. The van der Waals surface area contributed by atoms with Crippen LogP contribution < -0.4 is 5.73 Å². The van der Waals surface area contributed by atoms with E-state index in [1.54, 1.807) is 6.92 Å². The highest BCUT2D eigenvalue weighted by Gasteiger charge is 2.11. The smallest absolute Gasteiger partial charge is 0.162 e. The van der Waals surface area contributed by atoms with Gasteiger partial charge in [-0.1, -0.05) is 12.1 Å². The molecule has 2 rings (SSSR count). The number of fused-ring (bicyclic) bond motifs is 1. The Hall–Kier alpha value is -1.68. The van der Waals surface area contributed by atoms with E-state index in [2.05, 4.69) is 17.6 Å². The molecule has 2 aromatic rings. The fourth-order valence-electron chi connectivity index (χ4n) is 1.97. The zero-order chi connectivity index (χ0) is 12.6. The Bertz CT molecular complexity index is 621. The molecule has 0 atom stereocenters. The number of hydrogen-bond donors (Lipinski definition) is 3. The Labute approximate surface area is 105 Å². The van der Waals surface area contributed by atoms with Crippen molar-refractivity contribution in [3.8, 4) is 0 Å². The Balaban J connectivity index is 2.64. The van der Waals surface area contributed by atoms with Crippen LogP contribution in [0.2, 0.25) is 0 Å². The van der Waals surface area contributed by atoms with E-state index in [1.165, 1.54) is 6.92 Å². The second-order valence-electron chi connectivity index (χ2n) is 4.05. The molecule has 3 nitrogen and oxygen atoms in total. The average Bonchev–Trinajstić information content (AvgIpc) is 2.59. The van der Waals surface area contributed by atoms with Crippen LogP contribution in [0.25, 0.3) is 16.5 Å². The number of H-pyrrole nitrogens is 1. The van der Waals surface area contributed by atoms with Crippen molar-refractivity contribution in [3.05, 3.63) is 35.7 Å². The number of nitrogens with two attached hydrogens (primary N) is 1. The number of aromatic nitrogens is 1. The molecule has 0 radical (unpaired) electrons. The minimum atomic E-state index is -0.0259. The number of carbonyl (C=O) groups excluding carboxylic acids is 1. The molecule has 1 aromatic carbocycles. The Morgan fingerprint density at radius 2 is 2.06 bits per heavy atom. The Kier molecular flexibility index (Phi) is 2.98. The molecule has 0 spiro atoms. The van der Waals surface area contributed by atoms with E-state index >= 15 is 0 Å². The maximum atomic E-state index is 11.6. The summed E-state index contributed by atoms with van der Waals surface area (Å²) < 4.78 is 0. The van der Waals surface area contributed by atoms with Crippen molar-refractivity contribution in [1.82, 2.24) is 4.98 Å². The predicted octanol–water partition coefficient (Wildman–Crippen LogP) is 2.74. The lowest BCUT2D eigenvalue weighted by molar-refractivity contribution is -0.111. The monoisotopic (exact) mass is 246 g/mol. The van der Waals surface area contributed by atoms with Gasteiger partial charge in [0, 0.05) is 33.3 Å². The number of ketones is 1. The lowest BCUT2D eigenvalue weighted by Gasteiger charge is -2.06. The van der Waals surface area contributed by atoms with E-state index in [1.807, 2.05) is 24.4 Å². The zero-order valence-corrected chi connectivity index (χ0v) is 10.6. The van der Waals surface area contributed by atoms with E-state index in [-0.39, 0.29) is 5.78 Å². The first-order chi connectivity index (χ1) is 8.00. The Morgan fingerprint density at radius 1 is 1.35 bits per heavy atom. The number of aromatic amines is 1. The number of nitrogens with one attached hydrogen (secondary N) is 1. The number of benzene rings is 1. The molecule has 17 heavy (non-hydrogen) atoms. The molecule has 3 N–H and O–H groups in total. The molecule has 1 heterocycles. The van der Waals surface area contributed by atoms with E-state index in [0.29, 0.717) is 11.3 Å². The fourth-order valence-corrected chi connectivity index (χ4v) is 2.23. The molecule has 88 valence electrons. The summed E-state index contributed by atoms with van der Waals surface area (Å²) >= 11 is 4.33. The molecule has 0 bridgehead atoms. The molecular weight excluding hydrogens is 232 g/mol. The van der Waals surface area contributed by atoms with Crippen LogP contribution in [-0.4, -0.2) is 10.8 Å². The first-order valence-corrected chi connectivity index (χ1v) is 5.73. The van der Waals surface area contributed by atoms with Gasteiger partial charge < -0.3 is 10.7 Å². The summed E-state index contributed by atoms with van der Waals surface area (Å²) in [6.45, 7) is 3.26. The van der Waals surface area contributed by atoms with E-state index in [0.717, 1.165) is 21.4 Å². The van der Waals surface area contributed by atoms with Gasteiger partial charge in [0.05, 0.1) is 0 Å². The summed E-state index contributed by atoms with van der Waals surface area (Å²) in [7, 11) is 0. The van der Waals surface area contributed by atoms with Gasteiger partial charge in [0.25, 0.3) is 0 Å². The second-order valence-corrected chi connectivity index (χ2v) is 4.53. The number of carbonyl (C=O) groups is 1. The third kappa shape index (κ3) is 2.08. The summed E-state index contributed by atoms with van der Waals surface area (Å²) in [5.74, 6) is -0.0259.